The normalized spacial score (nSPS) is 17.1. The van der Waals surface area contributed by atoms with Gasteiger partial charge in [-0.1, -0.05) is 59.6 Å². The molecule has 3 N–H and O–H groups in total. The molecule has 31 heavy (non-hydrogen) atoms. The molecule has 0 spiro atoms. The van der Waals surface area contributed by atoms with Gasteiger partial charge in [-0.05, 0) is 46.2 Å². The minimum Gasteiger partial charge on any atom is -0.368 e. The van der Waals surface area contributed by atoms with Crippen molar-refractivity contribution in [3.63, 3.8) is 0 Å². The second kappa shape index (κ2) is 21.7. The summed E-state index contributed by atoms with van der Waals surface area (Å²) in [6.45, 7) is 13.2. The van der Waals surface area contributed by atoms with Gasteiger partial charge in [0.15, 0.2) is 0 Å². The van der Waals surface area contributed by atoms with Gasteiger partial charge in [0.1, 0.15) is 6.04 Å². The van der Waals surface area contributed by atoms with Crippen LogP contribution in [0.1, 0.15) is 80.6 Å². The lowest BCUT2D eigenvalue weighted by molar-refractivity contribution is -0.135. The number of allylic oxidation sites excluding steroid dienone is 2. The largest absolute Gasteiger partial charge is 0.368 e. The number of amides is 3. The highest BCUT2D eigenvalue weighted by Crippen LogP contribution is 2.40. The monoisotopic (exact) mass is 460 g/mol. The topological polar surface area (TPSA) is 95.7 Å². The molecule has 3 amide bonds. The van der Waals surface area contributed by atoms with Gasteiger partial charge in [0.05, 0.1) is 0 Å². The fourth-order valence-corrected chi connectivity index (χ4v) is 2.61. The van der Waals surface area contributed by atoms with Crippen LogP contribution in [0, 0.1) is 11.8 Å². The zero-order chi connectivity index (χ0) is 25.0. The van der Waals surface area contributed by atoms with Crippen LogP contribution in [0.25, 0.3) is 0 Å². The molecule has 0 aliphatic heterocycles. The van der Waals surface area contributed by atoms with Crippen LogP contribution in [0.2, 0.25) is 0 Å². The van der Waals surface area contributed by atoms with Crippen molar-refractivity contribution in [1.82, 2.24) is 13.9 Å². The van der Waals surface area contributed by atoms with Gasteiger partial charge in [-0.2, -0.15) is 0 Å². The molecule has 0 aromatic carbocycles. The number of carbonyl (C=O) groups is 3. The van der Waals surface area contributed by atoms with E-state index in [1.807, 2.05) is 46.1 Å². The van der Waals surface area contributed by atoms with Gasteiger partial charge < -0.3 is 10.6 Å². The Balaban J connectivity index is -0.000000479. The average Bonchev–Trinajstić information content (AvgIpc) is 3.53. The maximum absolute atomic E-state index is 11.7. The highest BCUT2D eigenvalue weighted by Gasteiger charge is 2.40. The van der Waals surface area contributed by atoms with Crippen molar-refractivity contribution in [2.24, 2.45) is 17.6 Å². The number of nitrogens with zero attached hydrogens (tertiary/aromatic N) is 2. The van der Waals surface area contributed by atoms with Crippen LogP contribution >= 0.6 is 12.1 Å². The molecule has 0 saturated heterocycles. The number of hydrogen-bond acceptors (Lipinski definition) is 5. The molecule has 7 nitrogen and oxygen atoms in total. The molecule has 1 aliphatic rings. The lowest BCUT2D eigenvalue weighted by Gasteiger charge is -2.19. The first-order chi connectivity index (χ1) is 14.6. The Bertz CT molecular complexity index is 495. The van der Waals surface area contributed by atoms with E-state index in [0.717, 1.165) is 12.8 Å². The Labute approximate surface area is 195 Å². The number of primary amides is 1. The second-order valence-electron chi connectivity index (χ2n) is 7.01. The fourth-order valence-electron chi connectivity index (χ4n) is 2.19. The molecule has 1 aliphatic carbocycles. The standard InChI is InChI=1S/C13H24N2OS.C6H12N2O2.2C2H6/c1-4-5-6-7-8-9-11-10-12(11)13(16)14-17-15(2)3;1-4(6(7)10)8(3)5(2)9;2*1-2/h8-9,11-12H,4-7,10H2,1-3H3,(H,14,16);4H,1-3H3,(H2,7,10);2*1-2H3/b9-8-;;;. The number of carbonyl (C=O) groups excluding carboxylic acids is 3. The Hall–Kier alpha value is -1.54. The van der Waals surface area contributed by atoms with Crippen molar-refractivity contribution in [2.45, 2.75) is 86.6 Å². The summed E-state index contributed by atoms with van der Waals surface area (Å²) in [4.78, 5) is 34.0. The third kappa shape index (κ3) is 18.9. The van der Waals surface area contributed by atoms with E-state index >= 15 is 0 Å². The van der Waals surface area contributed by atoms with Crippen LogP contribution in [-0.2, 0) is 14.4 Å². The quantitative estimate of drug-likeness (QED) is 0.286. The van der Waals surface area contributed by atoms with Crippen LogP contribution in [0.5, 0.6) is 0 Å². The SMILES string of the molecule is CC.CC.CC(=O)N(C)C(C)C(N)=O.CCCCC/C=C\C1CC1C(=O)NSN(C)C. The molecular weight excluding hydrogens is 412 g/mol. The summed E-state index contributed by atoms with van der Waals surface area (Å²) >= 11 is 1.35. The van der Waals surface area contributed by atoms with Crippen LogP contribution in [0.4, 0.5) is 0 Å². The molecule has 1 fully saturated rings. The van der Waals surface area contributed by atoms with Crippen LogP contribution < -0.4 is 10.5 Å². The van der Waals surface area contributed by atoms with Gasteiger partial charge in [0, 0.05) is 32.0 Å². The predicted molar refractivity (Wildman–Crippen MR) is 134 cm³/mol. The van der Waals surface area contributed by atoms with Crippen molar-refractivity contribution < 1.29 is 14.4 Å². The van der Waals surface area contributed by atoms with Crippen molar-refractivity contribution >= 4 is 29.9 Å². The molecule has 1 rings (SSSR count). The Kier molecular flexibility index (Phi) is 23.8. The van der Waals surface area contributed by atoms with Gasteiger partial charge >= 0.3 is 0 Å². The van der Waals surface area contributed by atoms with Crippen molar-refractivity contribution in [1.29, 1.82) is 0 Å². The molecular formula is C23H48N4O3S. The molecule has 184 valence electrons. The van der Waals surface area contributed by atoms with Crippen LogP contribution in [0.15, 0.2) is 12.2 Å². The summed E-state index contributed by atoms with van der Waals surface area (Å²) in [6, 6.07) is -0.516. The summed E-state index contributed by atoms with van der Waals surface area (Å²) in [7, 11) is 5.38. The number of rotatable bonds is 10. The maximum atomic E-state index is 11.7. The van der Waals surface area contributed by atoms with Crippen LogP contribution in [-0.4, -0.2) is 54.1 Å². The van der Waals surface area contributed by atoms with Gasteiger partial charge in [-0.25, -0.2) is 4.31 Å². The molecule has 1 saturated carbocycles. The maximum Gasteiger partial charge on any atom is 0.239 e. The first kappa shape index (κ1) is 34.1. The average molecular weight is 461 g/mol. The summed E-state index contributed by atoms with van der Waals surface area (Å²) in [5.74, 6) is 0.222. The second-order valence-corrected chi connectivity index (χ2v) is 8.13. The molecule has 0 aromatic rings. The van der Waals surface area contributed by atoms with E-state index in [9.17, 15) is 14.4 Å². The van der Waals surface area contributed by atoms with E-state index < -0.39 is 11.9 Å². The number of nitrogens with one attached hydrogen (secondary N) is 1. The van der Waals surface area contributed by atoms with E-state index in [4.69, 9.17) is 5.73 Å². The van der Waals surface area contributed by atoms with Gasteiger partial charge in [0.25, 0.3) is 0 Å². The number of nitrogens with two attached hydrogens (primary N) is 1. The Morgan fingerprint density at radius 2 is 1.68 bits per heavy atom. The van der Waals surface area contributed by atoms with E-state index in [1.54, 1.807) is 6.92 Å². The van der Waals surface area contributed by atoms with Gasteiger partial charge in [-0.3, -0.25) is 19.1 Å². The number of unbranched alkanes of at least 4 members (excludes halogenated alkanes) is 3. The minimum atomic E-state index is -0.516. The van der Waals surface area contributed by atoms with Crippen LogP contribution in [0.3, 0.4) is 0 Å². The van der Waals surface area contributed by atoms with E-state index in [-0.39, 0.29) is 17.7 Å². The predicted octanol–water partition coefficient (Wildman–Crippen LogP) is 4.39. The molecule has 0 bridgehead atoms. The van der Waals surface area contributed by atoms with Gasteiger partial charge in [-0.15, -0.1) is 0 Å². The summed E-state index contributed by atoms with van der Waals surface area (Å²) in [5, 5.41) is 0. The third-order valence-electron chi connectivity index (χ3n) is 4.35. The van der Waals surface area contributed by atoms with E-state index in [2.05, 4.69) is 23.8 Å². The fraction of sp³-hybridized carbons (Fsp3) is 0.783. The molecule has 3 unspecified atom stereocenters. The molecule has 3 atom stereocenters. The van der Waals surface area contributed by atoms with Gasteiger partial charge in [0.2, 0.25) is 17.7 Å². The number of likely N-dealkylation sites (N-methyl/N-ethyl adjacent to an activating group) is 1. The summed E-state index contributed by atoms with van der Waals surface area (Å²) < 4.78 is 4.74. The molecule has 0 aromatic heterocycles. The lowest BCUT2D eigenvalue weighted by Crippen LogP contribution is -2.42. The lowest BCUT2D eigenvalue weighted by atomic mass is 10.2. The Morgan fingerprint density at radius 3 is 2.06 bits per heavy atom. The third-order valence-corrected chi connectivity index (χ3v) is 5.01. The van der Waals surface area contributed by atoms with E-state index in [1.165, 1.54) is 50.3 Å². The smallest absolute Gasteiger partial charge is 0.239 e. The van der Waals surface area contributed by atoms with Crippen molar-refractivity contribution in [3.8, 4) is 0 Å². The highest BCUT2D eigenvalue weighted by molar-refractivity contribution is 7.95. The first-order valence-corrected chi connectivity index (χ1v) is 12.2. The first-order valence-electron chi connectivity index (χ1n) is 11.4. The van der Waals surface area contributed by atoms with Crippen molar-refractivity contribution in [3.05, 3.63) is 12.2 Å². The summed E-state index contributed by atoms with van der Waals surface area (Å²) in [6.07, 6.45) is 10.5. The number of hydrogen-bond donors (Lipinski definition) is 2. The zero-order valence-electron chi connectivity index (χ0n) is 21.5. The summed E-state index contributed by atoms with van der Waals surface area (Å²) in [5.41, 5.74) is 4.94. The molecule has 0 heterocycles. The molecule has 0 radical (unpaired) electrons. The van der Waals surface area contributed by atoms with Crippen molar-refractivity contribution in [2.75, 3.05) is 21.1 Å². The molecule has 8 heteroatoms. The zero-order valence-corrected chi connectivity index (χ0v) is 22.3. The van der Waals surface area contributed by atoms with E-state index in [0.29, 0.717) is 5.92 Å². The Morgan fingerprint density at radius 1 is 1.13 bits per heavy atom. The minimum absolute atomic E-state index is 0.161. The highest BCUT2D eigenvalue weighted by atomic mass is 32.2.